The lowest BCUT2D eigenvalue weighted by Crippen LogP contribution is -2.23. The molecule has 23 heavy (non-hydrogen) atoms. The zero-order valence-electron chi connectivity index (χ0n) is 13.5. The van der Waals surface area contributed by atoms with Crippen LogP contribution in [-0.4, -0.2) is 24.7 Å². The largest absolute Gasteiger partial charge is 0.504 e. The molecule has 0 saturated heterocycles. The number of hydrogen-bond acceptors (Lipinski definition) is 3. The molecule has 0 heterocycles. The summed E-state index contributed by atoms with van der Waals surface area (Å²) in [5, 5.41) is 12.7. The zero-order valence-corrected chi connectivity index (χ0v) is 13.5. The minimum atomic E-state index is 0.136. The molecule has 0 amide bonds. The fourth-order valence-electron chi connectivity index (χ4n) is 2.24. The van der Waals surface area contributed by atoms with Crippen LogP contribution < -0.4 is 15.8 Å². The fraction of sp³-hybridized carbons (Fsp3) is 0.278. The predicted octanol–water partition coefficient (Wildman–Crippen LogP) is 2.93. The SMILES string of the molecule is CCc1cccc(NC(N)=NCCc2ccc(O)c(OC)c2)c1. The molecule has 5 heteroatoms. The maximum atomic E-state index is 9.57. The number of nitrogens with two attached hydrogens (primary N) is 1. The lowest BCUT2D eigenvalue weighted by molar-refractivity contribution is 0.373. The minimum absolute atomic E-state index is 0.136. The van der Waals surface area contributed by atoms with Crippen LogP contribution in [0.4, 0.5) is 5.69 Å². The van der Waals surface area contributed by atoms with E-state index in [-0.39, 0.29) is 5.75 Å². The van der Waals surface area contributed by atoms with Crippen LogP contribution in [0.3, 0.4) is 0 Å². The van der Waals surface area contributed by atoms with Crippen molar-refractivity contribution in [2.24, 2.45) is 10.7 Å². The van der Waals surface area contributed by atoms with E-state index in [0.29, 0.717) is 24.7 Å². The number of hydrogen-bond donors (Lipinski definition) is 3. The second-order valence-electron chi connectivity index (χ2n) is 5.20. The summed E-state index contributed by atoms with van der Waals surface area (Å²) < 4.78 is 5.09. The Morgan fingerprint density at radius 1 is 1.22 bits per heavy atom. The van der Waals surface area contributed by atoms with Gasteiger partial charge in [-0.25, -0.2) is 0 Å². The van der Waals surface area contributed by atoms with Crippen LogP contribution in [0.2, 0.25) is 0 Å². The molecule has 0 aliphatic heterocycles. The highest BCUT2D eigenvalue weighted by Gasteiger charge is 2.02. The summed E-state index contributed by atoms with van der Waals surface area (Å²) in [4.78, 5) is 4.33. The average molecular weight is 313 g/mol. The second-order valence-corrected chi connectivity index (χ2v) is 5.20. The number of aryl methyl sites for hydroxylation is 1. The van der Waals surface area contributed by atoms with E-state index in [4.69, 9.17) is 10.5 Å². The molecule has 0 saturated carbocycles. The van der Waals surface area contributed by atoms with Gasteiger partial charge in [0, 0.05) is 12.2 Å². The summed E-state index contributed by atoms with van der Waals surface area (Å²) in [7, 11) is 1.53. The van der Waals surface area contributed by atoms with Gasteiger partial charge in [0.25, 0.3) is 0 Å². The van der Waals surface area contributed by atoms with Crippen molar-refractivity contribution >= 4 is 11.6 Å². The van der Waals surface area contributed by atoms with E-state index < -0.39 is 0 Å². The number of ether oxygens (including phenoxy) is 1. The molecule has 2 rings (SSSR count). The fourth-order valence-corrected chi connectivity index (χ4v) is 2.24. The van der Waals surface area contributed by atoms with Crippen molar-refractivity contribution in [3.8, 4) is 11.5 Å². The molecule has 0 atom stereocenters. The Morgan fingerprint density at radius 2 is 2.04 bits per heavy atom. The van der Waals surface area contributed by atoms with Gasteiger partial charge in [0.2, 0.25) is 0 Å². The second kappa shape index (κ2) is 8.08. The van der Waals surface area contributed by atoms with E-state index in [0.717, 1.165) is 17.7 Å². The molecule has 2 aromatic carbocycles. The van der Waals surface area contributed by atoms with E-state index >= 15 is 0 Å². The predicted molar refractivity (Wildman–Crippen MR) is 94.3 cm³/mol. The van der Waals surface area contributed by atoms with Gasteiger partial charge in [0.15, 0.2) is 17.5 Å². The number of methoxy groups -OCH3 is 1. The molecular formula is C18H23N3O2. The number of rotatable bonds is 6. The number of phenolic OH excluding ortho intramolecular Hbond substituents is 1. The molecule has 5 nitrogen and oxygen atoms in total. The first-order valence-electron chi connectivity index (χ1n) is 7.64. The van der Waals surface area contributed by atoms with Crippen LogP contribution in [0.1, 0.15) is 18.1 Å². The van der Waals surface area contributed by atoms with Crippen molar-refractivity contribution < 1.29 is 9.84 Å². The van der Waals surface area contributed by atoms with Gasteiger partial charge in [-0.05, 0) is 48.2 Å². The number of aliphatic imine (C=N–C) groups is 1. The van der Waals surface area contributed by atoms with Gasteiger partial charge in [0.05, 0.1) is 7.11 Å². The van der Waals surface area contributed by atoms with Gasteiger partial charge >= 0.3 is 0 Å². The van der Waals surface area contributed by atoms with Gasteiger partial charge in [-0.1, -0.05) is 25.1 Å². The minimum Gasteiger partial charge on any atom is -0.504 e. The maximum absolute atomic E-state index is 9.57. The van der Waals surface area contributed by atoms with Crippen LogP contribution in [0, 0.1) is 0 Å². The van der Waals surface area contributed by atoms with Gasteiger partial charge in [-0.3, -0.25) is 4.99 Å². The smallest absolute Gasteiger partial charge is 0.193 e. The highest BCUT2D eigenvalue weighted by atomic mass is 16.5. The summed E-state index contributed by atoms with van der Waals surface area (Å²) >= 11 is 0. The quantitative estimate of drug-likeness (QED) is 0.566. The topological polar surface area (TPSA) is 79.9 Å². The molecule has 0 bridgehead atoms. The first-order valence-corrected chi connectivity index (χ1v) is 7.64. The van der Waals surface area contributed by atoms with Crippen LogP contribution in [-0.2, 0) is 12.8 Å². The van der Waals surface area contributed by atoms with Crippen LogP contribution in [0.5, 0.6) is 11.5 Å². The van der Waals surface area contributed by atoms with Gasteiger partial charge < -0.3 is 20.9 Å². The molecule has 0 aliphatic rings. The van der Waals surface area contributed by atoms with Crippen molar-refractivity contribution in [3.63, 3.8) is 0 Å². The van der Waals surface area contributed by atoms with Crippen molar-refractivity contribution in [1.82, 2.24) is 0 Å². The molecule has 0 fully saturated rings. The maximum Gasteiger partial charge on any atom is 0.193 e. The summed E-state index contributed by atoms with van der Waals surface area (Å²) in [5.41, 5.74) is 9.14. The Bertz CT molecular complexity index is 684. The first-order chi connectivity index (χ1) is 11.1. The number of phenols is 1. The molecule has 4 N–H and O–H groups in total. The van der Waals surface area contributed by atoms with Crippen molar-refractivity contribution in [2.45, 2.75) is 19.8 Å². The Hall–Kier alpha value is -2.69. The Morgan fingerprint density at radius 3 is 2.78 bits per heavy atom. The molecule has 0 spiro atoms. The number of guanidine groups is 1. The Labute approximate surface area is 136 Å². The number of nitrogens with one attached hydrogen (secondary N) is 1. The van der Waals surface area contributed by atoms with E-state index in [9.17, 15) is 5.11 Å². The lowest BCUT2D eigenvalue weighted by Gasteiger charge is -2.08. The van der Waals surface area contributed by atoms with E-state index in [1.165, 1.54) is 12.7 Å². The van der Waals surface area contributed by atoms with E-state index in [1.54, 1.807) is 12.1 Å². The molecule has 0 unspecified atom stereocenters. The third-order valence-corrected chi connectivity index (χ3v) is 3.53. The number of benzene rings is 2. The van der Waals surface area contributed by atoms with Gasteiger partial charge in [-0.15, -0.1) is 0 Å². The molecule has 0 aromatic heterocycles. The molecule has 0 aliphatic carbocycles. The number of anilines is 1. The third kappa shape index (κ3) is 4.92. The van der Waals surface area contributed by atoms with Gasteiger partial charge in [0.1, 0.15) is 0 Å². The highest BCUT2D eigenvalue weighted by molar-refractivity contribution is 5.92. The van der Waals surface area contributed by atoms with Crippen molar-refractivity contribution in [1.29, 1.82) is 0 Å². The summed E-state index contributed by atoms with van der Waals surface area (Å²) in [6.45, 7) is 2.67. The first kappa shape index (κ1) is 16.7. The van der Waals surface area contributed by atoms with E-state index in [1.807, 2.05) is 18.2 Å². The molecular weight excluding hydrogens is 290 g/mol. The highest BCUT2D eigenvalue weighted by Crippen LogP contribution is 2.26. The average Bonchev–Trinajstić information content (AvgIpc) is 2.56. The van der Waals surface area contributed by atoms with Gasteiger partial charge in [-0.2, -0.15) is 0 Å². The monoisotopic (exact) mass is 313 g/mol. The molecule has 2 aromatic rings. The Kier molecular flexibility index (Phi) is 5.86. The molecule has 0 radical (unpaired) electrons. The Balaban J connectivity index is 1.92. The van der Waals surface area contributed by atoms with Crippen LogP contribution in [0.15, 0.2) is 47.5 Å². The van der Waals surface area contributed by atoms with Crippen molar-refractivity contribution in [2.75, 3.05) is 19.0 Å². The normalized spacial score (nSPS) is 11.3. The number of aromatic hydroxyl groups is 1. The third-order valence-electron chi connectivity index (χ3n) is 3.53. The van der Waals surface area contributed by atoms with Crippen LogP contribution in [0.25, 0.3) is 0 Å². The lowest BCUT2D eigenvalue weighted by atomic mass is 10.1. The molecule has 122 valence electrons. The zero-order chi connectivity index (χ0) is 16.7. The summed E-state index contributed by atoms with van der Waals surface area (Å²) in [5.74, 6) is 0.995. The number of nitrogens with zero attached hydrogens (tertiary/aromatic N) is 1. The standard InChI is InChI=1S/C18H23N3O2/c1-3-13-5-4-6-15(11-13)21-18(19)20-10-9-14-7-8-16(22)17(12-14)23-2/h4-8,11-12,22H,3,9-10H2,1-2H3,(H3,19,20,21). The van der Waals surface area contributed by atoms with Crippen LogP contribution >= 0.6 is 0 Å². The summed E-state index contributed by atoms with van der Waals surface area (Å²) in [6, 6.07) is 13.4. The van der Waals surface area contributed by atoms with E-state index in [2.05, 4.69) is 29.4 Å². The van der Waals surface area contributed by atoms with Crippen molar-refractivity contribution in [3.05, 3.63) is 53.6 Å². The summed E-state index contributed by atoms with van der Waals surface area (Å²) in [6.07, 6.45) is 1.70.